The number of benzene rings is 1. The van der Waals surface area contributed by atoms with Crippen LogP contribution in [0.3, 0.4) is 0 Å². The van der Waals surface area contributed by atoms with E-state index in [0.29, 0.717) is 0 Å². The summed E-state index contributed by atoms with van der Waals surface area (Å²) in [5.74, 6) is -1.67. The fourth-order valence-electron chi connectivity index (χ4n) is 0.715. The first-order chi connectivity index (χ1) is 8.40. The number of carbonyl (C=O) groups excluding carboxylic acids is 1. The van der Waals surface area contributed by atoms with Crippen molar-refractivity contribution in [1.82, 2.24) is 0 Å². The Kier molecular flexibility index (Phi) is 12.6. The molecule has 0 saturated carbocycles. The summed E-state index contributed by atoms with van der Waals surface area (Å²) in [7, 11) is 0. The molecule has 0 aliphatic rings. The van der Waals surface area contributed by atoms with Crippen molar-refractivity contribution in [1.29, 1.82) is 0 Å². The molecule has 0 saturated heterocycles. The average molecular weight is 252 g/mol. The molecule has 0 atom stereocenters. The number of carboxylic acid groups (broad SMARTS) is 2. The fourth-order valence-corrected chi connectivity index (χ4v) is 0.715. The normalized spacial score (nSPS) is 8.33. The third-order valence-electron chi connectivity index (χ3n) is 1.17. The SMILES string of the molecule is CC(=O)O.CC(=O)O.O=CC=Cc1ccccc1. The zero-order valence-corrected chi connectivity index (χ0v) is 10.2. The van der Waals surface area contributed by atoms with Gasteiger partial charge in [0, 0.05) is 13.8 Å². The molecule has 0 aromatic heterocycles. The molecular formula is C13H16O5. The lowest BCUT2D eigenvalue weighted by atomic mass is 10.2. The van der Waals surface area contributed by atoms with Crippen LogP contribution in [0.5, 0.6) is 0 Å². The smallest absolute Gasteiger partial charge is 0.300 e. The molecule has 1 aromatic carbocycles. The number of carboxylic acids is 2. The van der Waals surface area contributed by atoms with Crippen molar-refractivity contribution in [2.45, 2.75) is 13.8 Å². The molecule has 0 bridgehead atoms. The van der Waals surface area contributed by atoms with Gasteiger partial charge in [0.15, 0.2) is 0 Å². The van der Waals surface area contributed by atoms with Crippen molar-refractivity contribution < 1.29 is 24.6 Å². The van der Waals surface area contributed by atoms with Gasteiger partial charge in [0.1, 0.15) is 6.29 Å². The van der Waals surface area contributed by atoms with Gasteiger partial charge < -0.3 is 10.2 Å². The third-order valence-corrected chi connectivity index (χ3v) is 1.17. The zero-order chi connectivity index (χ0) is 14.4. The lowest BCUT2D eigenvalue weighted by Gasteiger charge is -1.86. The Morgan fingerprint density at radius 3 is 1.72 bits per heavy atom. The second kappa shape index (κ2) is 12.6. The van der Waals surface area contributed by atoms with E-state index in [1.165, 1.54) is 6.08 Å². The van der Waals surface area contributed by atoms with Crippen LogP contribution in [0.4, 0.5) is 0 Å². The van der Waals surface area contributed by atoms with Crippen molar-refractivity contribution in [3.05, 3.63) is 42.0 Å². The van der Waals surface area contributed by atoms with E-state index in [4.69, 9.17) is 19.8 Å². The first-order valence-electron chi connectivity index (χ1n) is 4.96. The van der Waals surface area contributed by atoms with Gasteiger partial charge in [-0.1, -0.05) is 36.4 Å². The Morgan fingerprint density at radius 2 is 1.39 bits per heavy atom. The molecule has 0 aliphatic heterocycles. The molecule has 0 heterocycles. The predicted octanol–water partition coefficient (Wildman–Crippen LogP) is 2.08. The number of hydrogen-bond donors (Lipinski definition) is 2. The topological polar surface area (TPSA) is 91.7 Å². The molecule has 1 aromatic rings. The predicted molar refractivity (Wildman–Crippen MR) is 68.2 cm³/mol. The van der Waals surface area contributed by atoms with Crippen LogP contribution in [0.1, 0.15) is 19.4 Å². The molecule has 1 rings (SSSR count). The van der Waals surface area contributed by atoms with Crippen LogP contribution in [0.2, 0.25) is 0 Å². The summed E-state index contributed by atoms with van der Waals surface area (Å²) in [6.07, 6.45) is 4.02. The average Bonchev–Trinajstić information content (AvgIpc) is 2.26. The van der Waals surface area contributed by atoms with Crippen LogP contribution in [0.25, 0.3) is 6.08 Å². The Balaban J connectivity index is 0. The molecule has 5 heteroatoms. The van der Waals surface area contributed by atoms with E-state index in [-0.39, 0.29) is 0 Å². The van der Waals surface area contributed by atoms with Crippen molar-refractivity contribution in [3.63, 3.8) is 0 Å². The largest absolute Gasteiger partial charge is 0.481 e. The van der Waals surface area contributed by atoms with Gasteiger partial charge in [-0.15, -0.1) is 0 Å². The molecule has 0 radical (unpaired) electrons. The highest BCUT2D eigenvalue weighted by atomic mass is 16.4. The summed E-state index contributed by atoms with van der Waals surface area (Å²) >= 11 is 0. The molecule has 2 N–H and O–H groups in total. The highest BCUT2D eigenvalue weighted by molar-refractivity contribution is 5.73. The Bertz CT molecular complexity index is 362. The molecule has 5 nitrogen and oxygen atoms in total. The summed E-state index contributed by atoms with van der Waals surface area (Å²) < 4.78 is 0. The van der Waals surface area contributed by atoms with Gasteiger partial charge in [-0.2, -0.15) is 0 Å². The number of allylic oxidation sites excluding steroid dienone is 1. The zero-order valence-electron chi connectivity index (χ0n) is 10.2. The lowest BCUT2D eigenvalue weighted by molar-refractivity contribution is -0.135. The van der Waals surface area contributed by atoms with Gasteiger partial charge in [0.05, 0.1) is 0 Å². The van der Waals surface area contributed by atoms with Gasteiger partial charge in [-0.25, -0.2) is 0 Å². The number of carbonyl (C=O) groups is 3. The highest BCUT2D eigenvalue weighted by Gasteiger charge is 1.79. The maximum absolute atomic E-state index is 9.89. The van der Waals surface area contributed by atoms with Gasteiger partial charge in [0.2, 0.25) is 0 Å². The fraction of sp³-hybridized carbons (Fsp3) is 0.154. The van der Waals surface area contributed by atoms with Crippen molar-refractivity contribution in [2.24, 2.45) is 0 Å². The first kappa shape index (κ1) is 17.9. The Hall–Kier alpha value is -2.43. The summed E-state index contributed by atoms with van der Waals surface area (Å²) in [6.45, 7) is 2.17. The van der Waals surface area contributed by atoms with Crippen molar-refractivity contribution >= 4 is 24.3 Å². The second-order valence-electron chi connectivity index (χ2n) is 2.94. The molecular weight excluding hydrogens is 236 g/mol. The van der Waals surface area contributed by atoms with Gasteiger partial charge in [0.25, 0.3) is 11.9 Å². The molecule has 18 heavy (non-hydrogen) atoms. The molecule has 0 aliphatic carbocycles. The van der Waals surface area contributed by atoms with Gasteiger partial charge in [-0.05, 0) is 11.6 Å². The quantitative estimate of drug-likeness (QED) is 0.621. The molecule has 0 amide bonds. The van der Waals surface area contributed by atoms with Crippen LogP contribution >= 0.6 is 0 Å². The van der Waals surface area contributed by atoms with Gasteiger partial charge >= 0.3 is 0 Å². The molecule has 0 unspecified atom stereocenters. The number of hydrogen-bond acceptors (Lipinski definition) is 3. The molecule has 0 spiro atoms. The molecule has 0 fully saturated rings. The number of rotatable bonds is 2. The minimum absolute atomic E-state index is 0.771. The van der Waals surface area contributed by atoms with Crippen LogP contribution < -0.4 is 0 Å². The van der Waals surface area contributed by atoms with Gasteiger partial charge in [-0.3, -0.25) is 14.4 Å². The van der Waals surface area contributed by atoms with E-state index in [9.17, 15) is 4.79 Å². The number of aldehydes is 1. The van der Waals surface area contributed by atoms with Crippen LogP contribution in [0.15, 0.2) is 36.4 Å². The van der Waals surface area contributed by atoms with E-state index in [0.717, 1.165) is 25.7 Å². The van der Waals surface area contributed by atoms with Crippen molar-refractivity contribution in [3.8, 4) is 0 Å². The lowest BCUT2D eigenvalue weighted by Crippen LogP contribution is -1.78. The number of aliphatic carboxylic acids is 2. The standard InChI is InChI=1S/C9H8O.2C2H4O2/c10-8-4-7-9-5-2-1-3-6-9;2*1-2(3)4/h1-8H;2*1H3,(H,3,4). The summed E-state index contributed by atoms with van der Waals surface area (Å²) in [5, 5.41) is 14.8. The summed E-state index contributed by atoms with van der Waals surface area (Å²) in [6, 6.07) is 9.70. The second-order valence-corrected chi connectivity index (χ2v) is 2.94. The van der Waals surface area contributed by atoms with Crippen LogP contribution in [-0.2, 0) is 14.4 Å². The van der Waals surface area contributed by atoms with E-state index in [1.54, 1.807) is 6.08 Å². The monoisotopic (exact) mass is 252 g/mol. The highest BCUT2D eigenvalue weighted by Crippen LogP contribution is 1.99. The summed E-state index contributed by atoms with van der Waals surface area (Å²) in [5.41, 5.74) is 1.05. The Morgan fingerprint density at radius 1 is 1.00 bits per heavy atom. The first-order valence-corrected chi connectivity index (χ1v) is 4.96. The maximum Gasteiger partial charge on any atom is 0.300 e. The van der Waals surface area contributed by atoms with Crippen molar-refractivity contribution in [2.75, 3.05) is 0 Å². The van der Waals surface area contributed by atoms with E-state index < -0.39 is 11.9 Å². The third kappa shape index (κ3) is 23.4. The minimum Gasteiger partial charge on any atom is -0.481 e. The maximum atomic E-state index is 9.89. The van der Waals surface area contributed by atoms with E-state index in [2.05, 4.69) is 0 Å². The van der Waals surface area contributed by atoms with Crippen LogP contribution in [0, 0.1) is 0 Å². The summed E-state index contributed by atoms with van der Waals surface area (Å²) in [4.78, 5) is 27.9. The van der Waals surface area contributed by atoms with Crippen LogP contribution in [-0.4, -0.2) is 28.4 Å². The Labute approximate surface area is 105 Å². The van der Waals surface area contributed by atoms with E-state index >= 15 is 0 Å². The molecule has 98 valence electrons. The minimum atomic E-state index is -0.833. The van der Waals surface area contributed by atoms with E-state index in [1.807, 2.05) is 30.3 Å².